The quantitative estimate of drug-likeness (QED) is 0.762. The molecule has 1 aliphatic carbocycles. The molecule has 2 fully saturated rings. The van der Waals surface area contributed by atoms with Crippen molar-refractivity contribution in [3.05, 3.63) is 0 Å². The van der Waals surface area contributed by atoms with E-state index in [-0.39, 0.29) is 17.9 Å². The van der Waals surface area contributed by atoms with Crippen LogP contribution in [0.2, 0.25) is 0 Å². The second-order valence-corrected chi connectivity index (χ2v) is 5.07. The Balaban J connectivity index is 1.85. The minimum atomic E-state index is -0.150. The van der Waals surface area contributed by atoms with Crippen molar-refractivity contribution in [2.75, 3.05) is 6.54 Å². The van der Waals surface area contributed by atoms with Crippen LogP contribution in [0.4, 0.5) is 0 Å². The summed E-state index contributed by atoms with van der Waals surface area (Å²) in [5.74, 6) is 0.393. The fraction of sp³-hybridized carbons (Fsp3) is 0.833. The molecule has 4 heteroatoms. The molecule has 1 unspecified atom stereocenters. The summed E-state index contributed by atoms with van der Waals surface area (Å²) in [6, 6.07) is -0.150. The molecule has 2 rings (SSSR count). The number of nitrogens with zero attached hydrogens (tertiary/aromatic N) is 1. The zero-order valence-electron chi connectivity index (χ0n) is 9.65. The highest BCUT2D eigenvalue weighted by Crippen LogP contribution is 2.27. The molecule has 1 saturated carbocycles. The van der Waals surface area contributed by atoms with Gasteiger partial charge in [-0.25, -0.2) is 0 Å². The molecule has 0 radical (unpaired) electrons. The molecule has 90 valence electrons. The van der Waals surface area contributed by atoms with Crippen molar-refractivity contribution in [2.24, 2.45) is 11.7 Å². The third-order valence-corrected chi connectivity index (χ3v) is 3.64. The van der Waals surface area contributed by atoms with Gasteiger partial charge >= 0.3 is 0 Å². The molecular weight excluding hydrogens is 204 g/mol. The van der Waals surface area contributed by atoms with Crippen molar-refractivity contribution in [1.82, 2.24) is 4.90 Å². The van der Waals surface area contributed by atoms with Crippen molar-refractivity contribution < 1.29 is 9.59 Å². The molecule has 0 aromatic carbocycles. The Morgan fingerprint density at radius 3 is 2.56 bits per heavy atom. The first kappa shape index (κ1) is 11.6. The Morgan fingerprint density at radius 1 is 1.31 bits per heavy atom. The molecule has 2 N–H and O–H groups in total. The van der Waals surface area contributed by atoms with E-state index in [1.54, 1.807) is 0 Å². The molecule has 1 atom stereocenters. The summed E-state index contributed by atoms with van der Waals surface area (Å²) < 4.78 is 0. The van der Waals surface area contributed by atoms with E-state index >= 15 is 0 Å². The zero-order valence-corrected chi connectivity index (χ0v) is 9.65. The van der Waals surface area contributed by atoms with Gasteiger partial charge in [-0.2, -0.15) is 0 Å². The Labute approximate surface area is 96.2 Å². The Kier molecular flexibility index (Phi) is 3.59. The van der Waals surface area contributed by atoms with Crippen LogP contribution in [0.3, 0.4) is 0 Å². The highest BCUT2D eigenvalue weighted by Gasteiger charge is 2.32. The average molecular weight is 224 g/mol. The van der Waals surface area contributed by atoms with Crippen molar-refractivity contribution in [1.29, 1.82) is 0 Å². The van der Waals surface area contributed by atoms with Gasteiger partial charge in [0.15, 0.2) is 0 Å². The molecule has 2 amide bonds. The molecule has 2 aliphatic rings. The average Bonchev–Trinajstić information content (AvgIpc) is 2.59. The third-order valence-electron chi connectivity index (χ3n) is 3.64. The largest absolute Gasteiger partial charge is 0.326 e. The van der Waals surface area contributed by atoms with E-state index in [0.717, 1.165) is 12.8 Å². The lowest BCUT2D eigenvalue weighted by atomic mass is 9.87. The summed E-state index contributed by atoms with van der Waals surface area (Å²) in [5, 5.41) is 0. The molecule has 1 aliphatic heterocycles. The molecule has 1 saturated heterocycles. The van der Waals surface area contributed by atoms with E-state index in [9.17, 15) is 9.59 Å². The van der Waals surface area contributed by atoms with Gasteiger partial charge in [0.25, 0.3) is 0 Å². The topological polar surface area (TPSA) is 63.4 Å². The van der Waals surface area contributed by atoms with E-state index in [0.29, 0.717) is 25.3 Å². The summed E-state index contributed by atoms with van der Waals surface area (Å²) >= 11 is 0. The standard InChI is InChI=1S/C12H20N2O2/c13-10-7-12(16)14(8-10)11(15)6-9-4-2-1-3-5-9/h9-10H,1-8,13H2. The molecule has 16 heavy (non-hydrogen) atoms. The number of rotatable bonds is 2. The predicted octanol–water partition coefficient (Wildman–Crippen LogP) is 1.04. The van der Waals surface area contributed by atoms with Crippen LogP contribution in [-0.4, -0.2) is 29.3 Å². The van der Waals surface area contributed by atoms with Gasteiger partial charge in [0, 0.05) is 25.4 Å². The minimum Gasteiger partial charge on any atom is -0.326 e. The monoisotopic (exact) mass is 224 g/mol. The van der Waals surface area contributed by atoms with Crippen LogP contribution in [0, 0.1) is 5.92 Å². The van der Waals surface area contributed by atoms with Crippen LogP contribution in [-0.2, 0) is 9.59 Å². The second-order valence-electron chi connectivity index (χ2n) is 5.07. The predicted molar refractivity (Wildman–Crippen MR) is 60.5 cm³/mol. The maximum absolute atomic E-state index is 11.9. The van der Waals surface area contributed by atoms with Crippen molar-refractivity contribution >= 4 is 11.8 Å². The smallest absolute Gasteiger partial charge is 0.230 e. The highest BCUT2D eigenvalue weighted by molar-refractivity contribution is 5.97. The normalized spacial score (nSPS) is 27.4. The van der Waals surface area contributed by atoms with Gasteiger partial charge in [0.05, 0.1) is 0 Å². The fourth-order valence-electron chi connectivity index (χ4n) is 2.72. The summed E-state index contributed by atoms with van der Waals surface area (Å²) in [6.45, 7) is 0.421. The van der Waals surface area contributed by atoms with Gasteiger partial charge in [0.2, 0.25) is 11.8 Å². The summed E-state index contributed by atoms with van der Waals surface area (Å²) in [6.07, 6.45) is 6.89. The molecular formula is C12H20N2O2. The van der Waals surface area contributed by atoms with E-state index < -0.39 is 0 Å². The van der Waals surface area contributed by atoms with Gasteiger partial charge < -0.3 is 5.73 Å². The van der Waals surface area contributed by atoms with Crippen LogP contribution in [0.1, 0.15) is 44.9 Å². The zero-order chi connectivity index (χ0) is 11.5. The number of hydrogen-bond acceptors (Lipinski definition) is 3. The van der Waals surface area contributed by atoms with Crippen molar-refractivity contribution in [3.63, 3.8) is 0 Å². The van der Waals surface area contributed by atoms with Gasteiger partial charge in [-0.15, -0.1) is 0 Å². The fourth-order valence-corrected chi connectivity index (χ4v) is 2.72. The SMILES string of the molecule is NC1CC(=O)N(C(=O)CC2CCCCC2)C1. The van der Waals surface area contributed by atoms with E-state index in [2.05, 4.69) is 0 Å². The molecule has 1 heterocycles. The number of nitrogens with two attached hydrogens (primary N) is 1. The van der Waals surface area contributed by atoms with Crippen molar-refractivity contribution in [3.8, 4) is 0 Å². The Bertz CT molecular complexity index is 285. The number of carbonyl (C=O) groups is 2. The Morgan fingerprint density at radius 2 is 2.00 bits per heavy atom. The molecule has 0 bridgehead atoms. The number of carbonyl (C=O) groups excluding carboxylic acids is 2. The lowest BCUT2D eigenvalue weighted by Gasteiger charge is -2.23. The van der Waals surface area contributed by atoms with E-state index in [1.165, 1.54) is 24.2 Å². The Hall–Kier alpha value is -0.900. The first-order valence-electron chi connectivity index (χ1n) is 6.25. The van der Waals surface area contributed by atoms with Crippen LogP contribution in [0.15, 0.2) is 0 Å². The number of hydrogen-bond donors (Lipinski definition) is 1. The van der Waals surface area contributed by atoms with Gasteiger partial charge in [-0.3, -0.25) is 14.5 Å². The van der Waals surface area contributed by atoms with E-state index in [4.69, 9.17) is 5.73 Å². The minimum absolute atomic E-state index is 0.00940. The first-order valence-corrected chi connectivity index (χ1v) is 6.25. The number of amides is 2. The lowest BCUT2D eigenvalue weighted by molar-refractivity contribution is -0.142. The highest BCUT2D eigenvalue weighted by atomic mass is 16.2. The molecule has 4 nitrogen and oxygen atoms in total. The maximum Gasteiger partial charge on any atom is 0.230 e. The van der Waals surface area contributed by atoms with Crippen LogP contribution in [0.5, 0.6) is 0 Å². The summed E-state index contributed by atoms with van der Waals surface area (Å²) in [4.78, 5) is 24.8. The van der Waals surface area contributed by atoms with Crippen LogP contribution < -0.4 is 5.73 Å². The summed E-state index contributed by atoms with van der Waals surface area (Å²) in [5.41, 5.74) is 5.67. The maximum atomic E-state index is 11.9. The van der Waals surface area contributed by atoms with Gasteiger partial charge in [-0.1, -0.05) is 19.3 Å². The van der Waals surface area contributed by atoms with Gasteiger partial charge in [-0.05, 0) is 18.8 Å². The van der Waals surface area contributed by atoms with E-state index in [1.807, 2.05) is 0 Å². The second kappa shape index (κ2) is 4.95. The van der Waals surface area contributed by atoms with Gasteiger partial charge in [0.1, 0.15) is 0 Å². The first-order chi connectivity index (χ1) is 7.66. The number of likely N-dealkylation sites (tertiary alicyclic amines) is 1. The molecule has 0 spiro atoms. The van der Waals surface area contributed by atoms with Crippen molar-refractivity contribution in [2.45, 2.75) is 51.0 Å². The van der Waals surface area contributed by atoms with Crippen LogP contribution >= 0.6 is 0 Å². The van der Waals surface area contributed by atoms with Crippen LogP contribution in [0.25, 0.3) is 0 Å². The molecule has 0 aromatic rings. The third kappa shape index (κ3) is 2.61. The molecule has 0 aromatic heterocycles. The lowest BCUT2D eigenvalue weighted by Crippen LogP contribution is -2.35. The summed E-state index contributed by atoms with van der Waals surface area (Å²) in [7, 11) is 0. The number of imide groups is 1.